The van der Waals surface area contributed by atoms with Crippen LogP contribution in [0.25, 0.3) is 0 Å². The number of hydrogen-bond acceptors (Lipinski definition) is 5. The summed E-state index contributed by atoms with van der Waals surface area (Å²) in [5, 5.41) is 3.41. The van der Waals surface area contributed by atoms with Crippen molar-refractivity contribution in [3.05, 3.63) is 23.8 Å². The smallest absolute Gasteiger partial charge is 0.182 e. The fourth-order valence-corrected chi connectivity index (χ4v) is 5.25. The van der Waals surface area contributed by atoms with Crippen molar-refractivity contribution in [2.45, 2.75) is 109 Å². The molecule has 1 aromatic carbocycles. The second-order valence-corrected chi connectivity index (χ2v) is 11.9. The molecule has 1 rings (SSSR count). The van der Waals surface area contributed by atoms with Crippen LogP contribution in [0.1, 0.15) is 104 Å². The van der Waals surface area contributed by atoms with Gasteiger partial charge in [0.1, 0.15) is 10.6 Å². The highest BCUT2D eigenvalue weighted by atomic mass is 32.2. The molecular weight excluding hydrogens is 432 g/mol. The molecule has 192 valence electrons. The molecule has 0 saturated heterocycles. The van der Waals surface area contributed by atoms with Crippen molar-refractivity contribution in [2.24, 2.45) is 5.73 Å². The zero-order valence-electron chi connectivity index (χ0n) is 21.8. The van der Waals surface area contributed by atoms with Crippen molar-refractivity contribution in [3.63, 3.8) is 0 Å². The molecule has 0 saturated carbocycles. The first-order valence-corrected chi connectivity index (χ1v) is 14.8. The molecule has 3 N–H and O–H groups in total. The van der Waals surface area contributed by atoms with E-state index < -0.39 is 9.84 Å². The van der Waals surface area contributed by atoms with Crippen molar-refractivity contribution < 1.29 is 13.2 Å². The van der Waals surface area contributed by atoms with Crippen LogP contribution in [0.15, 0.2) is 23.1 Å². The highest BCUT2D eigenvalue weighted by Crippen LogP contribution is 2.34. The number of unbranched alkanes of at least 4 members (excludes halogenated alkanes) is 7. The quantitative estimate of drug-likeness (QED) is 0.223. The molecule has 0 aromatic heterocycles. The summed E-state index contributed by atoms with van der Waals surface area (Å²) in [6.45, 7) is 11.9. The van der Waals surface area contributed by atoms with E-state index in [0.29, 0.717) is 23.7 Å². The highest BCUT2D eigenvalue weighted by Gasteiger charge is 2.25. The van der Waals surface area contributed by atoms with Gasteiger partial charge in [0, 0.05) is 0 Å². The first kappa shape index (κ1) is 29.9. The van der Waals surface area contributed by atoms with Crippen LogP contribution in [0.3, 0.4) is 0 Å². The van der Waals surface area contributed by atoms with Crippen LogP contribution < -0.4 is 15.8 Å². The van der Waals surface area contributed by atoms with Crippen molar-refractivity contribution in [1.29, 1.82) is 0 Å². The zero-order valence-corrected chi connectivity index (χ0v) is 22.6. The van der Waals surface area contributed by atoms with E-state index in [9.17, 15) is 8.42 Å². The van der Waals surface area contributed by atoms with Gasteiger partial charge in [-0.25, -0.2) is 8.42 Å². The molecule has 33 heavy (non-hydrogen) atoms. The Bertz CT molecular complexity index is 748. The van der Waals surface area contributed by atoms with Crippen LogP contribution in [-0.4, -0.2) is 40.4 Å². The molecule has 0 unspecified atom stereocenters. The average Bonchev–Trinajstić information content (AvgIpc) is 2.80. The fourth-order valence-electron chi connectivity index (χ4n) is 3.71. The minimum absolute atomic E-state index is 0.0633. The van der Waals surface area contributed by atoms with Gasteiger partial charge in [-0.05, 0) is 74.8 Å². The predicted octanol–water partition coefficient (Wildman–Crippen LogP) is 6.00. The molecule has 6 heteroatoms. The van der Waals surface area contributed by atoms with Gasteiger partial charge in [0.05, 0.1) is 12.4 Å². The summed E-state index contributed by atoms with van der Waals surface area (Å²) in [7, 11) is -3.37. The molecule has 0 aliphatic rings. The van der Waals surface area contributed by atoms with E-state index in [0.717, 1.165) is 63.7 Å². The largest absolute Gasteiger partial charge is 0.492 e. The first-order valence-electron chi connectivity index (χ1n) is 13.2. The van der Waals surface area contributed by atoms with Gasteiger partial charge in [0.2, 0.25) is 0 Å². The van der Waals surface area contributed by atoms with Crippen molar-refractivity contribution >= 4 is 9.84 Å². The van der Waals surface area contributed by atoms with Crippen molar-refractivity contribution in [2.75, 3.05) is 32.0 Å². The summed E-state index contributed by atoms with van der Waals surface area (Å²) >= 11 is 0. The number of nitrogens with one attached hydrogen (secondary N) is 1. The molecular formula is C27H50N2O3S. The Morgan fingerprint density at radius 3 is 2.18 bits per heavy atom. The zero-order chi connectivity index (χ0) is 24.6. The normalized spacial score (nSPS) is 12.3. The lowest BCUT2D eigenvalue weighted by molar-refractivity contribution is 0.301. The standard InChI is InChI=1S/C27H50N2O3S/c1-5-7-21-32-25-17-16-24(27(3,4)6-2)23-26(25)33(30,31)22-14-12-10-8-9-11-13-19-29-20-15-18-28/h16-17,23,29H,5-15,18-22,28H2,1-4H3. The molecule has 0 aliphatic carbocycles. The minimum Gasteiger partial charge on any atom is -0.492 e. The second kappa shape index (κ2) is 16.5. The van der Waals surface area contributed by atoms with Crippen LogP contribution in [0.4, 0.5) is 0 Å². The van der Waals surface area contributed by atoms with Crippen LogP contribution in [0.2, 0.25) is 0 Å². The van der Waals surface area contributed by atoms with Crippen LogP contribution in [-0.2, 0) is 15.3 Å². The summed E-state index contributed by atoms with van der Waals surface area (Å²) in [5.41, 5.74) is 6.48. The van der Waals surface area contributed by atoms with Gasteiger partial charge in [-0.15, -0.1) is 0 Å². The molecule has 0 heterocycles. The van der Waals surface area contributed by atoms with E-state index >= 15 is 0 Å². The van der Waals surface area contributed by atoms with Gasteiger partial charge in [-0.1, -0.05) is 72.3 Å². The average molecular weight is 483 g/mol. The minimum atomic E-state index is -3.37. The Morgan fingerprint density at radius 1 is 0.909 bits per heavy atom. The van der Waals surface area contributed by atoms with Crippen LogP contribution in [0.5, 0.6) is 5.75 Å². The third-order valence-corrected chi connectivity index (χ3v) is 8.34. The van der Waals surface area contributed by atoms with Gasteiger partial charge < -0.3 is 15.8 Å². The third kappa shape index (κ3) is 11.7. The summed E-state index contributed by atoms with van der Waals surface area (Å²) in [5.74, 6) is 0.706. The van der Waals surface area contributed by atoms with Crippen LogP contribution >= 0.6 is 0 Å². The topological polar surface area (TPSA) is 81.4 Å². The van der Waals surface area contributed by atoms with Gasteiger partial charge >= 0.3 is 0 Å². The highest BCUT2D eigenvalue weighted by molar-refractivity contribution is 7.91. The number of hydrogen-bond donors (Lipinski definition) is 2. The maximum absolute atomic E-state index is 13.2. The summed E-state index contributed by atoms with van der Waals surface area (Å²) < 4.78 is 32.4. The Kier molecular flexibility index (Phi) is 15.0. The summed E-state index contributed by atoms with van der Waals surface area (Å²) in [4.78, 5) is 0.375. The Morgan fingerprint density at radius 2 is 1.55 bits per heavy atom. The molecule has 1 aromatic rings. The van der Waals surface area contributed by atoms with Gasteiger partial charge in [-0.2, -0.15) is 0 Å². The van der Waals surface area contributed by atoms with Crippen LogP contribution in [0, 0.1) is 0 Å². The summed E-state index contributed by atoms with van der Waals surface area (Å²) in [6, 6.07) is 5.75. The van der Waals surface area contributed by atoms with E-state index in [-0.39, 0.29) is 11.2 Å². The number of benzene rings is 1. The molecule has 0 bridgehead atoms. The van der Waals surface area contributed by atoms with Crippen molar-refractivity contribution in [3.8, 4) is 5.75 Å². The first-order chi connectivity index (χ1) is 15.8. The molecule has 0 spiro atoms. The monoisotopic (exact) mass is 482 g/mol. The number of ether oxygens (including phenoxy) is 1. The second-order valence-electron chi connectivity index (χ2n) is 9.79. The number of nitrogens with two attached hydrogens (primary N) is 1. The van der Waals surface area contributed by atoms with Crippen molar-refractivity contribution in [1.82, 2.24) is 5.32 Å². The fraction of sp³-hybridized carbons (Fsp3) is 0.778. The number of sulfone groups is 1. The van der Waals surface area contributed by atoms with Gasteiger partial charge in [0.25, 0.3) is 0 Å². The molecule has 0 aliphatic heterocycles. The molecule has 0 amide bonds. The molecule has 0 fully saturated rings. The van der Waals surface area contributed by atoms with E-state index in [4.69, 9.17) is 10.5 Å². The number of rotatable bonds is 20. The van der Waals surface area contributed by atoms with E-state index in [1.54, 1.807) is 0 Å². The lowest BCUT2D eigenvalue weighted by atomic mass is 9.82. The maximum Gasteiger partial charge on any atom is 0.182 e. The summed E-state index contributed by atoms with van der Waals surface area (Å²) in [6.07, 6.45) is 11.5. The van der Waals surface area contributed by atoms with E-state index in [1.807, 2.05) is 18.2 Å². The molecule has 5 nitrogen and oxygen atoms in total. The van der Waals surface area contributed by atoms with Gasteiger partial charge in [0.15, 0.2) is 9.84 Å². The maximum atomic E-state index is 13.2. The predicted molar refractivity (Wildman–Crippen MR) is 141 cm³/mol. The van der Waals surface area contributed by atoms with E-state index in [1.165, 1.54) is 25.7 Å². The Labute approximate surface area is 204 Å². The lowest BCUT2D eigenvalue weighted by Crippen LogP contribution is -2.19. The SMILES string of the molecule is CCCCOc1ccc(C(C)(C)CC)cc1S(=O)(=O)CCCCCCCCCNCCCN. The van der Waals surface area contributed by atoms with Gasteiger partial charge in [-0.3, -0.25) is 0 Å². The molecule has 0 atom stereocenters. The Balaban J connectivity index is 2.54. The Hall–Kier alpha value is -1.11. The lowest BCUT2D eigenvalue weighted by Gasteiger charge is -2.25. The van der Waals surface area contributed by atoms with E-state index in [2.05, 4.69) is 33.0 Å². The third-order valence-electron chi connectivity index (χ3n) is 6.52. The molecule has 0 radical (unpaired) electrons.